The fourth-order valence-electron chi connectivity index (χ4n) is 5.50. The quantitative estimate of drug-likeness (QED) is 0.632. The van der Waals surface area contributed by atoms with Gasteiger partial charge in [0.25, 0.3) is 0 Å². The van der Waals surface area contributed by atoms with E-state index in [2.05, 4.69) is 17.1 Å². The lowest BCUT2D eigenvalue weighted by molar-refractivity contribution is -0.151. The Hall–Kier alpha value is -3.08. The first-order valence-electron chi connectivity index (χ1n) is 11.6. The molecule has 1 aromatic carbocycles. The van der Waals surface area contributed by atoms with E-state index >= 15 is 0 Å². The van der Waals surface area contributed by atoms with E-state index in [9.17, 15) is 9.59 Å². The van der Waals surface area contributed by atoms with Crippen molar-refractivity contribution in [3.63, 3.8) is 0 Å². The minimum atomic E-state index is -0.575. The van der Waals surface area contributed by atoms with E-state index in [1.165, 1.54) is 0 Å². The molecule has 1 aliphatic heterocycles. The fourth-order valence-corrected chi connectivity index (χ4v) is 5.50. The summed E-state index contributed by atoms with van der Waals surface area (Å²) in [5, 5.41) is 0. The van der Waals surface area contributed by atoms with Crippen molar-refractivity contribution in [1.29, 1.82) is 0 Å². The van der Waals surface area contributed by atoms with Crippen LogP contribution in [-0.4, -0.2) is 28.6 Å². The van der Waals surface area contributed by atoms with Crippen LogP contribution in [0.2, 0.25) is 0 Å². The Bertz CT molecular complexity index is 1070. The first kappa shape index (κ1) is 20.8. The van der Waals surface area contributed by atoms with Crippen LogP contribution in [0.15, 0.2) is 71.1 Å². The van der Waals surface area contributed by atoms with E-state index < -0.39 is 5.92 Å². The van der Waals surface area contributed by atoms with Gasteiger partial charge < -0.3 is 4.74 Å². The second-order valence-corrected chi connectivity index (χ2v) is 9.13. The van der Waals surface area contributed by atoms with E-state index in [1.807, 2.05) is 37.3 Å². The van der Waals surface area contributed by atoms with Crippen molar-refractivity contribution in [2.24, 2.45) is 10.9 Å². The van der Waals surface area contributed by atoms with Crippen molar-refractivity contribution in [3.05, 3.63) is 77.3 Å². The Morgan fingerprint density at radius 2 is 1.69 bits per heavy atom. The Kier molecular flexibility index (Phi) is 5.73. The zero-order chi connectivity index (χ0) is 22.1. The molecule has 3 aliphatic rings. The SMILES string of the molecule is CC1=NC2=C(C(=O)C[C@H](c3ccccc3)C2)[C@@H](c2ccncc2)C1C(=O)OC1CCCC1. The Morgan fingerprint density at radius 1 is 0.969 bits per heavy atom. The highest BCUT2D eigenvalue weighted by molar-refractivity contribution is 6.09. The van der Waals surface area contributed by atoms with E-state index in [-0.39, 0.29) is 29.7 Å². The van der Waals surface area contributed by atoms with Gasteiger partial charge in [-0.05, 0) is 68.2 Å². The van der Waals surface area contributed by atoms with Crippen LogP contribution in [0.5, 0.6) is 0 Å². The lowest BCUT2D eigenvalue weighted by Gasteiger charge is -2.36. The zero-order valence-corrected chi connectivity index (χ0v) is 18.4. The Balaban J connectivity index is 1.53. The van der Waals surface area contributed by atoms with Gasteiger partial charge in [0, 0.05) is 41.7 Å². The molecule has 0 saturated heterocycles. The lowest BCUT2D eigenvalue weighted by atomic mass is 9.69. The standard InChI is InChI=1S/C27H28N2O3/c1-17-24(27(31)32-21-9-5-6-10-21)25(19-11-13-28-14-12-19)26-22(29-17)15-20(16-23(26)30)18-7-3-2-4-8-18/h2-4,7-8,11-14,20-21,24-25H,5-6,9-10,15-16H2,1H3/t20-,24?,25+/m1/s1. The molecule has 0 radical (unpaired) electrons. The number of esters is 1. The van der Waals surface area contributed by atoms with E-state index in [4.69, 9.17) is 9.73 Å². The number of allylic oxidation sites excluding steroid dienone is 2. The van der Waals surface area contributed by atoms with Crippen LogP contribution in [0.3, 0.4) is 0 Å². The van der Waals surface area contributed by atoms with Gasteiger partial charge in [-0.1, -0.05) is 30.3 Å². The summed E-state index contributed by atoms with van der Waals surface area (Å²) < 4.78 is 5.91. The van der Waals surface area contributed by atoms with Gasteiger partial charge in [0.05, 0.1) is 0 Å². The average molecular weight is 429 g/mol. The van der Waals surface area contributed by atoms with Gasteiger partial charge in [-0.2, -0.15) is 0 Å². The number of carbonyl (C=O) groups excluding carboxylic acids is 2. The molecule has 0 bridgehead atoms. The van der Waals surface area contributed by atoms with Gasteiger partial charge in [-0.3, -0.25) is 19.6 Å². The third-order valence-corrected chi connectivity index (χ3v) is 7.06. The molecular formula is C27H28N2O3. The molecule has 5 heteroatoms. The molecule has 5 rings (SSSR count). The van der Waals surface area contributed by atoms with E-state index in [1.54, 1.807) is 12.4 Å². The second kappa shape index (κ2) is 8.81. The van der Waals surface area contributed by atoms with Crippen molar-refractivity contribution in [2.45, 2.75) is 63.4 Å². The number of benzene rings is 1. The molecule has 0 N–H and O–H groups in total. The maximum atomic E-state index is 13.5. The van der Waals surface area contributed by atoms with Crippen LogP contribution in [0.4, 0.5) is 0 Å². The topological polar surface area (TPSA) is 68.6 Å². The van der Waals surface area contributed by atoms with Crippen LogP contribution in [-0.2, 0) is 14.3 Å². The van der Waals surface area contributed by atoms with Crippen molar-refractivity contribution < 1.29 is 14.3 Å². The first-order valence-corrected chi connectivity index (χ1v) is 11.6. The van der Waals surface area contributed by atoms with Crippen molar-refractivity contribution in [1.82, 2.24) is 4.98 Å². The molecule has 1 unspecified atom stereocenters. The molecular weight excluding hydrogens is 400 g/mol. The normalized spacial score (nSPS) is 26.0. The van der Waals surface area contributed by atoms with Crippen LogP contribution in [0.1, 0.15) is 68.4 Å². The smallest absolute Gasteiger partial charge is 0.315 e. The maximum Gasteiger partial charge on any atom is 0.315 e. The molecule has 1 fully saturated rings. The molecule has 5 nitrogen and oxygen atoms in total. The summed E-state index contributed by atoms with van der Waals surface area (Å²) in [5.41, 5.74) is 4.31. The molecule has 32 heavy (non-hydrogen) atoms. The summed E-state index contributed by atoms with van der Waals surface area (Å²) >= 11 is 0. The molecule has 2 heterocycles. The second-order valence-electron chi connectivity index (χ2n) is 9.13. The van der Waals surface area contributed by atoms with Crippen LogP contribution >= 0.6 is 0 Å². The third kappa shape index (κ3) is 3.92. The van der Waals surface area contributed by atoms with Crippen molar-refractivity contribution in [3.8, 4) is 0 Å². The molecule has 2 aliphatic carbocycles. The number of rotatable bonds is 4. The number of aromatic nitrogens is 1. The fraction of sp³-hybridized carbons (Fsp3) is 0.407. The summed E-state index contributed by atoms with van der Waals surface area (Å²) in [6, 6.07) is 14.0. The molecule has 1 aromatic heterocycles. The summed E-state index contributed by atoms with van der Waals surface area (Å²) in [4.78, 5) is 35.9. The summed E-state index contributed by atoms with van der Waals surface area (Å²) in [5.74, 6) is -1.02. The van der Waals surface area contributed by atoms with Gasteiger partial charge in [0.15, 0.2) is 5.78 Å². The van der Waals surface area contributed by atoms with Gasteiger partial charge in [0.2, 0.25) is 0 Å². The Labute approximate surface area is 188 Å². The number of nitrogens with zero attached hydrogens (tertiary/aromatic N) is 2. The molecule has 164 valence electrons. The largest absolute Gasteiger partial charge is 0.462 e. The predicted octanol–water partition coefficient (Wildman–Crippen LogP) is 5.14. The molecule has 1 saturated carbocycles. The molecule has 2 aromatic rings. The van der Waals surface area contributed by atoms with Crippen LogP contribution < -0.4 is 0 Å². The van der Waals surface area contributed by atoms with E-state index in [0.717, 1.165) is 48.2 Å². The van der Waals surface area contributed by atoms with Crippen molar-refractivity contribution >= 4 is 17.5 Å². The number of aliphatic imine (C=N–C) groups is 1. The summed E-state index contributed by atoms with van der Waals surface area (Å²) in [6.45, 7) is 1.90. The molecule has 0 spiro atoms. The third-order valence-electron chi connectivity index (χ3n) is 7.06. The minimum absolute atomic E-state index is 0.0201. The highest BCUT2D eigenvalue weighted by atomic mass is 16.5. The summed E-state index contributed by atoms with van der Waals surface area (Å²) in [6.07, 6.45) is 8.58. The highest BCUT2D eigenvalue weighted by Crippen LogP contribution is 2.46. The number of ketones is 1. The van der Waals surface area contributed by atoms with Gasteiger partial charge in [-0.25, -0.2) is 0 Å². The highest BCUT2D eigenvalue weighted by Gasteiger charge is 2.45. The average Bonchev–Trinajstić information content (AvgIpc) is 3.32. The van der Waals surface area contributed by atoms with Gasteiger partial charge in [0.1, 0.15) is 12.0 Å². The number of pyridine rings is 1. The van der Waals surface area contributed by atoms with E-state index in [0.29, 0.717) is 18.4 Å². The number of ether oxygens (including phenoxy) is 1. The summed E-state index contributed by atoms with van der Waals surface area (Å²) in [7, 11) is 0. The zero-order valence-electron chi connectivity index (χ0n) is 18.4. The van der Waals surface area contributed by atoms with Gasteiger partial charge >= 0.3 is 5.97 Å². The number of carbonyl (C=O) groups is 2. The Morgan fingerprint density at radius 3 is 2.41 bits per heavy atom. The molecule has 0 amide bonds. The minimum Gasteiger partial charge on any atom is -0.462 e. The first-order chi connectivity index (χ1) is 15.6. The van der Waals surface area contributed by atoms with Crippen molar-refractivity contribution in [2.75, 3.05) is 0 Å². The number of Topliss-reactive ketones (excluding diaryl/α,β-unsaturated/α-hetero) is 1. The number of hydrogen-bond acceptors (Lipinski definition) is 5. The maximum absolute atomic E-state index is 13.5. The number of hydrogen-bond donors (Lipinski definition) is 0. The van der Waals surface area contributed by atoms with Crippen LogP contribution in [0.25, 0.3) is 0 Å². The monoisotopic (exact) mass is 428 g/mol. The van der Waals surface area contributed by atoms with Crippen LogP contribution in [0, 0.1) is 5.92 Å². The van der Waals surface area contributed by atoms with Gasteiger partial charge in [-0.15, -0.1) is 0 Å². The predicted molar refractivity (Wildman–Crippen MR) is 122 cm³/mol. The molecule has 3 atom stereocenters. The lowest BCUT2D eigenvalue weighted by Crippen LogP contribution is -2.39.